The Hall–Kier alpha value is -2.95. The molecule has 0 aliphatic rings. The van der Waals surface area contributed by atoms with Crippen molar-refractivity contribution in [3.63, 3.8) is 0 Å². The van der Waals surface area contributed by atoms with Gasteiger partial charge in [0.15, 0.2) is 0 Å². The van der Waals surface area contributed by atoms with Gasteiger partial charge in [0.1, 0.15) is 0 Å². The molecule has 122 valence electrons. The summed E-state index contributed by atoms with van der Waals surface area (Å²) < 4.78 is 1.85. The molecule has 0 atom stereocenters. The summed E-state index contributed by atoms with van der Waals surface area (Å²) in [6.45, 7) is 0.617. The molecule has 0 unspecified atom stereocenters. The number of rotatable bonds is 7. The first kappa shape index (κ1) is 15.9. The molecule has 0 aliphatic heterocycles. The lowest BCUT2D eigenvalue weighted by atomic mass is 10.1. The van der Waals surface area contributed by atoms with Crippen molar-refractivity contribution in [2.75, 3.05) is 6.54 Å². The number of nitrogens with one attached hydrogen (secondary N) is 1. The highest BCUT2D eigenvalue weighted by atomic mass is 16.1. The molecule has 3 rings (SSSR count). The molecule has 1 N–H and O–H groups in total. The standard InChI is InChI=1S/C19H20N4O/c24-19(9-8-16-5-4-11-20-13-16)21-12-10-17-14-22-23(15-17)18-6-2-1-3-7-18/h1-7,11,13-15H,8-10,12H2,(H,21,24). The quantitative estimate of drug-likeness (QED) is 0.728. The van der Waals surface area contributed by atoms with Gasteiger partial charge in [-0.1, -0.05) is 24.3 Å². The summed E-state index contributed by atoms with van der Waals surface area (Å²) >= 11 is 0. The Morgan fingerprint density at radius 3 is 2.67 bits per heavy atom. The summed E-state index contributed by atoms with van der Waals surface area (Å²) in [5.74, 6) is 0.0642. The minimum absolute atomic E-state index is 0.0642. The van der Waals surface area contributed by atoms with E-state index in [2.05, 4.69) is 15.4 Å². The lowest BCUT2D eigenvalue weighted by Gasteiger charge is -2.04. The molecule has 1 amide bonds. The maximum absolute atomic E-state index is 11.9. The number of benzene rings is 1. The number of aromatic nitrogens is 3. The molecule has 5 heteroatoms. The number of hydrogen-bond donors (Lipinski definition) is 1. The summed E-state index contributed by atoms with van der Waals surface area (Å²) in [6.07, 6.45) is 9.34. The molecule has 3 aromatic rings. The Morgan fingerprint density at radius 2 is 1.88 bits per heavy atom. The fourth-order valence-electron chi connectivity index (χ4n) is 2.45. The predicted molar refractivity (Wildman–Crippen MR) is 92.8 cm³/mol. The lowest BCUT2D eigenvalue weighted by molar-refractivity contribution is -0.121. The third-order valence-electron chi connectivity index (χ3n) is 3.76. The van der Waals surface area contributed by atoms with E-state index in [1.165, 1.54) is 0 Å². The van der Waals surface area contributed by atoms with Gasteiger partial charge in [0.25, 0.3) is 0 Å². The van der Waals surface area contributed by atoms with Gasteiger partial charge in [-0.15, -0.1) is 0 Å². The maximum atomic E-state index is 11.9. The van der Waals surface area contributed by atoms with Crippen LogP contribution in [0.4, 0.5) is 0 Å². The number of pyridine rings is 1. The molecule has 0 bridgehead atoms. The van der Waals surface area contributed by atoms with E-state index < -0.39 is 0 Å². The summed E-state index contributed by atoms with van der Waals surface area (Å²) in [6, 6.07) is 13.8. The first-order valence-electron chi connectivity index (χ1n) is 8.06. The molecule has 24 heavy (non-hydrogen) atoms. The van der Waals surface area contributed by atoms with Gasteiger partial charge in [-0.25, -0.2) is 4.68 Å². The van der Waals surface area contributed by atoms with Gasteiger partial charge in [0, 0.05) is 31.6 Å². The summed E-state index contributed by atoms with van der Waals surface area (Å²) in [5, 5.41) is 7.31. The van der Waals surface area contributed by atoms with Gasteiger partial charge in [-0.3, -0.25) is 9.78 Å². The molecular weight excluding hydrogens is 300 g/mol. The minimum Gasteiger partial charge on any atom is -0.356 e. The largest absolute Gasteiger partial charge is 0.356 e. The zero-order valence-electron chi connectivity index (χ0n) is 13.4. The summed E-state index contributed by atoms with van der Waals surface area (Å²) in [5.41, 5.74) is 3.22. The third kappa shape index (κ3) is 4.52. The van der Waals surface area contributed by atoms with Crippen LogP contribution in [0.3, 0.4) is 0 Å². The van der Waals surface area contributed by atoms with E-state index in [4.69, 9.17) is 0 Å². The smallest absolute Gasteiger partial charge is 0.220 e. The van der Waals surface area contributed by atoms with E-state index in [9.17, 15) is 4.79 Å². The molecule has 2 aromatic heterocycles. The van der Waals surface area contributed by atoms with Crippen molar-refractivity contribution in [3.8, 4) is 5.69 Å². The highest BCUT2D eigenvalue weighted by Crippen LogP contribution is 2.07. The Balaban J connectivity index is 1.42. The number of nitrogens with zero attached hydrogens (tertiary/aromatic N) is 3. The number of amides is 1. The third-order valence-corrected chi connectivity index (χ3v) is 3.76. The van der Waals surface area contributed by atoms with Crippen LogP contribution < -0.4 is 5.32 Å². The molecular formula is C19H20N4O. The normalized spacial score (nSPS) is 10.5. The molecule has 0 radical (unpaired) electrons. The van der Waals surface area contributed by atoms with Gasteiger partial charge in [0.05, 0.1) is 11.9 Å². The number of para-hydroxylation sites is 1. The van der Waals surface area contributed by atoms with Crippen molar-refractivity contribution in [1.82, 2.24) is 20.1 Å². The van der Waals surface area contributed by atoms with Crippen LogP contribution in [0, 0.1) is 0 Å². The van der Waals surface area contributed by atoms with Crippen molar-refractivity contribution >= 4 is 5.91 Å². The van der Waals surface area contributed by atoms with Crippen LogP contribution in [0.15, 0.2) is 67.3 Å². The van der Waals surface area contributed by atoms with Gasteiger partial charge < -0.3 is 5.32 Å². The molecule has 0 aliphatic carbocycles. The molecule has 2 heterocycles. The second-order valence-electron chi connectivity index (χ2n) is 5.59. The van der Waals surface area contributed by atoms with E-state index in [0.29, 0.717) is 19.4 Å². The number of aryl methyl sites for hydroxylation is 1. The van der Waals surface area contributed by atoms with Crippen LogP contribution in [0.5, 0.6) is 0 Å². The highest BCUT2D eigenvalue weighted by molar-refractivity contribution is 5.76. The number of carbonyl (C=O) groups excluding carboxylic acids is 1. The lowest BCUT2D eigenvalue weighted by Crippen LogP contribution is -2.25. The fourth-order valence-corrected chi connectivity index (χ4v) is 2.45. The Labute approximate surface area is 141 Å². The zero-order chi connectivity index (χ0) is 16.6. The highest BCUT2D eigenvalue weighted by Gasteiger charge is 2.04. The topological polar surface area (TPSA) is 59.8 Å². The second-order valence-corrected chi connectivity index (χ2v) is 5.59. The minimum atomic E-state index is 0.0642. The van der Waals surface area contributed by atoms with Crippen LogP contribution in [-0.2, 0) is 17.6 Å². The molecule has 0 saturated carbocycles. The molecule has 1 aromatic carbocycles. The molecule has 0 fully saturated rings. The average molecular weight is 320 g/mol. The van der Waals surface area contributed by atoms with Crippen LogP contribution >= 0.6 is 0 Å². The summed E-state index contributed by atoms with van der Waals surface area (Å²) in [4.78, 5) is 15.9. The number of carbonyl (C=O) groups is 1. The fraction of sp³-hybridized carbons (Fsp3) is 0.211. The van der Waals surface area contributed by atoms with E-state index in [-0.39, 0.29) is 5.91 Å². The van der Waals surface area contributed by atoms with E-state index in [1.807, 2.05) is 59.5 Å². The van der Waals surface area contributed by atoms with Crippen molar-refractivity contribution in [1.29, 1.82) is 0 Å². The molecule has 0 spiro atoms. The van der Waals surface area contributed by atoms with Gasteiger partial charge in [0.2, 0.25) is 5.91 Å². The predicted octanol–water partition coefficient (Wildman–Crippen LogP) is 2.56. The van der Waals surface area contributed by atoms with Crippen molar-refractivity contribution in [3.05, 3.63) is 78.4 Å². The monoisotopic (exact) mass is 320 g/mol. The Morgan fingerprint density at radius 1 is 1.00 bits per heavy atom. The van der Waals surface area contributed by atoms with Crippen molar-refractivity contribution < 1.29 is 4.79 Å². The van der Waals surface area contributed by atoms with E-state index in [1.54, 1.807) is 12.4 Å². The number of hydrogen-bond acceptors (Lipinski definition) is 3. The molecule has 5 nitrogen and oxygen atoms in total. The van der Waals surface area contributed by atoms with Gasteiger partial charge >= 0.3 is 0 Å². The average Bonchev–Trinajstić information content (AvgIpc) is 3.11. The maximum Gasteiger partial charge on any atom is 0.220 e. The second kappa shape index (κ2) is 8.06. The van der Waals surface area contributed by atoms with Gasteiger partial charge in [-0.05, 0) is 42.2 Å². The summed E-state index contributed by atoms with van der Waals surface area (Å²) in [7, 11) is 0. The van der Waals surface area contributed by atoms with Crippen LogP contribution in [0.2, 0.25) is 0 Å². The van der Waals surface area contributed by atoms with Crippen LogP contribution in [0.25, 0.3) is 5.69 Å². The molecule has 0 saturated heterocycles. The van der Waals surface area contributed by atoms with E-state index in [0.717, 1.165) is 23.2 Å². The van der Waals surface area contributed by atoms with Crippen molar-refractivity contribution in [2.24, 2.45) is 0 Å². The Bertz CT molecular complexity index is 768. The SMILES string of the molecule is O=C(CCc1cccnc1)NCCc1cnn(-c2ccccc2)c1. The zero-order valence-corrected chi connectivity index (χ0v) is 13.4. The Kier molecular flexibility index (Phi) is 5.35. The first-order valence-corrected chi connectivity index (χ1v) is 8.06. The first-order chi connectivity index (χ1) is 11.8. The van der Waals surface area contributed by atoms with Gasteiger partial charge in [-0.2, -0.15) is 5.10 Å². The van der Waals surface area contributed by atoms with E-state index >= 15 is 0 Å². The van der Waals surface area contributed by atoms with Crippen LogP contribution in [0.1, 0.15) is 17.5 Å². The van der Waals surface area contributed by atoms with Crippen molar-refractivity contribution in [2.45, 2.75) is 19.3 Å². The van der Waals surface area contributed by atoms with Crippen LogP contribution in [-0.4, -0.2) is 27.2 Å².